The van der Waals surface area contributed by atoms with E-state index in [-0.39, 0.29) is 11.4 Å². The van der Waals surface area contributed by atoms with E-state index in [0.717, 1.165) is 23.8 Å². The molecule has 3 N–H and O–H groups in total. The maximum Gasteiger partial charge on any atom is 0.339 e. The monoisotopic (exact) mass is 398 g/mol. The summed E-state index contributed by atoms with van der Waals surface area (Å²) in [7, 11) is -4.10. The highest BCUT2D eigenvalue weighted by Gasteiger charge is 2.22. The average molecular weight is 398 g/mol. The molecule has 0 aliphatic heterocycles. The number of para-hydroxylation sites is 1. The molecule has 144 valence electrons. The third-order valence-corrected chi connectivity index (χ3v) is 5.33. The molecule has 3 aromatic rings. The van der Waals surface area contributed by atoms with Gasteiger partial charge in [0, 0.05) is 0 Å². The summed E-state index contributed by atoms with van der Waals surface area (Å²) >= 11 is 0. The topological polar surface area (TPSA) is 107 Å². The van der Waals surface area contributed by atoms with E-state index in [9.17, 15) is 18.3 Å². The molecule has 0 atom stereocenters. The first-order chi connectivity index (χ1) is 13.4. The van der Waals surface area contributed by atoms with Crippen LogP contribution < -0.4 is 9.84 Å². The number of anilines is 1. The van der Waals surface area contributed by atoms with Gasteiger partial charge in [0.2, 0.25) is 0 Å². The van der Waals surface area contributed by atoms with Gasteiger partial charge in [-0.3, -0.25) is 5.01 Å². The third-order valence-electron chi connectivity index (χ3n) is 3.99. The summed E-state index contributed by atoms with van der Waals surface area (Å²) in [5, 5.41) is 20.2. The second kappa shape index (κ2) is 8.12. The van der Waals surface area contributed by atoms with Gasteiger partial charge in [0.15, 0.2) is 0 Å². The number of rotatable bonds is 7. The van der Waals surface area contributed by atoms with Gasteiger partial charge >= 0.3 is 5.97 Å². The molecule has 0 saturated heterocycles. The SMILES string of the molecule is O=C(O)c1cc(S(=O)(=O)NN(Cc2ccccc2)c2ccccc2)ccc1O. The first-order valence-electron chi connectivity index (χ1n) is 8.32. The first kappa shape index (κ1) is 19.4. The second-order valence-corrected chi connectivity index (χ2v) is 7.65. The van der Waals surface area contributed by atoms with Crippen LogP contribution in [-0.2, 0) is 16.6 Å². The highest BCUT2D eigenvalue weighted by Crippen LogP contribution is 2.23. The Labute approximate surface area is 162 Å². The largest absolute Gasteiger partial charge is 0.507 e. The van der Waals surface area contributed by atoms with Gasteiger partial charge in [-0.1, -0.05) is 48.5 Å². The summed E-state index contributed by atoms with van der Waals surface area (Å²) in [6, 6.07) is 21.3. The highest BCUT2D eigenvalue weighted by atomic mass is 32.2. The number of carboxylic acids is 1. The van der Waals surface area contributed by atoms with E-state index in [1.54, 1.807) is 24.3 Å². The minimum Gasteiger partial charge on any atom is -0.507 e. The van der Waals surface area contributed by atoms with Crippen molar-refractivity contribution in [3.05, 3.63) is 90.0 Å². The van der Waals surface area contributed by atoms with E-state index in [1.807, 2.05) is 36.4 Å². The van der Waals surface area contributed by atoms with Crippen LogP contribution in [0.2, 0.25) is 0 Å². The summed E-state index contributed by atoms with van der Waals surface area (Å²) in [6.07, 6.45) is 0. The fourth-order valence-electron chi connectivity index (χ4n) is 2.60. The standard InChI is InChI=1S/C20H18N2O5S/c23-19-12-11-17(13-18(19)20(24)25)28(26,27)21-22(16-9-5-2-6-10-16)14-15-7-3-1-4-8-15/h1-13,21,23H,14H2,(H,24,25). The summed E-state index contributed by atoms with van der Waals surface area (Å²) in [6.45, 7) is 0.258. The molecule has 0 heterocycles. The number of carbonyl (C=O) groups is 1. The Balaban J connectivity index is 1.95. The molecule has 8 heteroatoms. The minimum atomic E-state index is -4.10. The van der Waals surface area contributed by atoms with E-state index >= 15 is 0 Å². The van der Waals surface area contributed by atoms with Crippen molar-refractivity contribution in [2.75, 3.05) is 5.01 Å². The van der Waals surface area contributed by atoms with Crippen molar-refractivity contribution in [1.29, 1.82) is 0 Å². The Bertz CT molecular complexity index is 1070. The van der Waals surface area contributed by atoms with Gasteiger partial charge in [-0.2, -0.15) is 0 Å². The molecule has 7 nitrogen and oxygen atoms in total. The fraction of sp³-hybridized carbons (Fsp3) is 0.0500. The molecule has 0 aromatic heterocycles. The smallest absolute Gasteiger partial charge is 0.339 e. The van der Waals surface area contributed by atoms with Crippen LogP contribution in [0.5, 0.6) is 5.75 Å². The highest BCUT2D eigenvalue weighted by molar-refractivity contribution is 7.89. The van der Waals surface area contributed by atoms with Crippen LogP contribution in [0.15, 0.2) is 83.8 Å². The molecule has 0 amide bonds. The van der Waals surface area contributed by atoms with Crippen LogP contribution in [0.25, 0.3) is 0 Å². The molecule has 0 spiro atoms. The zero-order valence-corrected chi connectivity index (χ0v) is 15.5. The van der Waals surface area contributed by atoms with Crippen LogP contribution in [0.1, 0.15) is 15.9 Å². The lowest BCUT2D eigenvalue weighted by Crippen LogP contribution is -2.41. The number of aromatic hydroxyl groups is 1. The van der Waals surface area contributed by atoms with E-state index in [0.29, 0.717) is 5.69 Å². The number of hydrazine groups is 1. The van der Waals surface area contributed by atoms with Crippen molar-refractivity contribution in [2.45, 2.75) is 11.4 Å². The Morgan fingerprint density at radius 2 is 1.54 bits per heavy atom. The van der Waals surface area contributed by atoms with Crippen LogP contribution in [0.3, 0.4) is 0 Å². The molecular formula is C20H18N2O5S. The quantitative estimate of drug-likeness (QED) is 0.528. The van der Waals surface area contributed by atoms with Crippen molar-refractivity contribution < 1.29 is 23.4 Å². The number of phenols is 1. The summed E-state index contributed by atoms with van der Waals surface area (Å²) in [5.74, 6) is -1.92. The third kappa shape index (κ3) is 4.48. The average Bonchev–Trinajstić information content (AvgIpc) is 2.69. The van der Waals surface area contributed by atoms with E-state index < -0.39 is 27.3 Å². The van der Waals surface area contributed by atoms with E-state index in [2.05, 4.69) is 4.83 Å². The summed E-state index contributed by atoms with van der Waals surface area (Å²) < 4.78 is 25.7. The van der Waals surface area contributed by atoms with Gasteiger partial charge in [0.05, 0.1) is 17.1 Å². The lowest BCUT2D eigenvalue weighted by molar-refractivity contribution is 0.0693. The number of hydrogen-bond acceptors (Lipinski definition) is 5. The number of aromatic carboxylic acids is 1. The van der Waals surface area contributed by atoms with Gasteiger partial charge in [-0.05, 0) is 35.9 Å². The van der Waals surface area contributed by atoms with Crippen molar-refractivity contribution in [2.24, 2.45) is 0 Å². The molecular weight excluding hydrogens is 380 g/mol. The van der Waals surface area contributed by atoms with Crippen LogP contribution >= 0.6 is 0 Å². The molecule has 3 rings (SSSR count). The Kier molecular flexibility index (Phi) is 5.62. The van der Waals surface area contributed by atoms with Crippen molar-refractivity contribution >= 4 is 21.7 Å². The molecule has 28 heavy (non-hydrogen) atoms. The Morgan fingerprint density at radius 1 is 0.929 bits per heavy atom. The number of nitrogens with zero attached hydrogens (tertiary/aromatic N) is 1. The number of sulfonamides is 1. The van der Waals surface area contributed by atoms with Gasteiger partial charge in [-0.25, -0.2) is 13.2 Å². The Hall–Kier alpha value is -3.36. The molecule has 0 saturated carbocycles. The fourth-order valence-corrected chi connectivity index (χ4v) is 3.69. The van der Waals surface area contributed by atoms with Crippen LogP contribution in [0.4, 0.5) is 5.69 Å². The van der Waals surface area contributed by atoms with Gasteiger partial charge in [-0.15, -0.1) is 4.83 Å². The van der Waals surface area contributed by atoms with Crippen LogP contribution in [-0.4, -0.2) is 24.6 Å². The van der Waals surface area contributed by atoms with E-state index in [1.165, 1.54) is 5.01 Å². The number of hydrogen-bond donors (Lipinski definition) is 3. The van der Waals surface area contributed by atoms with Crippen molar-refractivity contribution in [3.8, 4) is 5.75 Å². The number of benzene rings is 3. The second-order valence-electron chi connectivity index (χ2n) is 5.99. The molecule has 0 fully saturated rings. The minimum absolute atomic E-state index is 0.258. The molecule has 0 aliphatic rings. The summed E-state index contributed by atoms with van der Waals surface area (Å²) in [5.41, 5.74) is 1.01. The maximum absolute atomic E-state index is 12.9. The normalized spacial score (nSPS) is 11.1. The molecule has 0 unspecified atom stereocenters. The lowest BCUT2D eigenvalue weighted by Gasteiger charge is -2.25. The number of carboxylic acid groups (broad SMARTS) is 1. The van der Waals surface area contributed by atoms with Crippen molar-refractivity contribution in [1.82, 2.24) is 4.83 Å². The summed E-state index contributed by atoms with van der Waals surface area (Å²) in [4.78, 5) is 13.4. The zero-order chi connectivity index (χ0) is 20.1. The number of nitrogens with one attached hydrogen (secondary N) is 1. The van der Waals surface area contributed by atoms with Crippen molar-refractivity contribution in [3.63, 3.8) is 0 Å². The molecule has 3 aromatic carbocycles. The lowest BCUT2D eigenvalue weighted by atomic mass is 10.2. The first-order valence-corrected chi connectivity index (χ1v) is 9.80. The molecule has 0 radical (unpaired) electrons. The van der Waals surface area contributed by atoms with Gasteiger partial charge in [0.25, 0.3) is 10.0 Å². The van der Waals surface area contributed by atoms with Gasteiger partial charge < -0.3 is 10.2 Å². The maximum atomic E-state index is 12.9. The van der Waals surface area contributed by atoms with E-state index in [4.69, 9.17) is 5.11 Å². The zero-order valence-electron chi connectivity index (χ0n) is 14.7. The van der Waals surface area contributed by atoms with Gasteiger partial charge in [0.1, 0.15) is 11.3 Å². The predicted molar refractivity (Wildman–Crippen MR) is 104 cm³/mol. The predicted octanol–water partition coefficient (Wildman–Crippen LogP) is 2.99. The van der Waals surface area contributed by atoms with Crippen LogP contribution in [0, 0.1) is 0 Å². The molecule has 0 bridgehead atoms. The Morgan fingerprint density at radius 3 is 2.14 bits per heavy atom. The molecule has 0 aliphatic carbocycles.